The van der Waals surface area contributed by atoms with E-state index in [1.54, 1.807) is 13.1 Å². The number of anilines is 2. The van der Waals surface area contributed by atoms with E-state index in [9.17, 15) is 4.79 Å². The standard InChI is InChI=1S/C23H25N5O/c1-3-18-14-22(27-23(26-18)21-6-4-5-13-24-21)25-19-9-7-17(8-10-19)15-28(16(2)29)20-11-12-20/h4-10,13-14,20H,3,11-12,15H2,1-2H3,(H,25,26,27). The lowest BCUT2D eigenvalue weighted by Crippen LogP contribution is -2.30. The minimum atomic E-state index is 0.143. The number of amides is 1. The maximum Gasteiger partial charge on any atom is 0.219 e. The van der Waals surface area contributed by atoms with Gasteiger partial charge in [-0.2, -0.15) is 0 Å². The average Bonchev–Trinajstić information content (AvgIpc) is 3.58. The third-order valence-electron chi connectivity index (χ3n) is 5.01. The Labute approximate surface area is 171 Å². The van der Waals surface area contributed by atoms with Gasteiger partial charge in [0.25, 0.3) is 0 Å². The highest BCUT2D eigenvalue weighted by Gasteiger charge is 2.30. The second-order valence-corrected chi connectivity index (χ2v) is 7.34. The molecule has 1 N–H and O–H groups in total. The van der Waals surface area contributed by atoms with Gasteiger partial charge in [-0.1, -0.05) is 25.1 Å². The summed E-state index contributed by atoms with van der Waals surface area (Å²) in [6, 6.07) is 16.3. The summed E-state index contributed by atoms with van der Waals surface area (Å²) in [5, 5.41) is 3.37. The van der Waals surface area contributed by atoms with Crippen molar-refractivity contribution < 1.29 is 4.79 Å². The third-order valence-corrected chi connectivity index (χ3v) is 5.01. The number of aromatic nitrogens is 3. The molecule has 1 saturated carbocycles. The number of carbonyl (C=O) groups is 1. The van der Waals surface area contributed by atoms with E-state index in [1.807, 2.05) is 41.3 Å². The SMILES string of the molecule is CCc1cc(Nc2ccc(CN(C(C)=O)C3CC3)cc2)nc(-c2ccccn2)n1. The lowest BCUT2D eigenvalue weighted by atomic mass is 10.2. The van der Waals surface area contributed by atoms with Crippen LogP contribution in [0.1, 0.15) is 37.9 Å². The van der Waals surface area contributed by atoms with Crippen molar-refractivity contribution in [1.29, 1.82) is 0 Å². The molecule has 1 aliphatic rings. The van der Waals surface area contributed by atoms with Gasteiger partial charge in [0.1, 0.15) is 11.5 Å². The summed E-state index contributed by atoms with van der Waals surface area (Å²) in [5.41, 5.74) is 3.79. The zero-order valence-electron chi connectivity index (χ0n) is 16.8. The summed E-state index contributed by atoms with van der Waals surface area (Å²) >= 11 is 0. The van der Waals surface area contributed by atoms with Crippen LogP contribution in [0.2, 0.25) is 0 Å². The monoisotopic (exact) mass is 387 g/mol. The molecule has 0 saturated heterocycles. The van der Waals surface area contributed by atoms with Gasteiger partial charge >= 0.3 is 0 Å². The molecular formula is C23H25N5O. The Morgan fingerprint density at radius 3 is 2.55 bits per heavy atom. The molecule has 2 heterocycles. The number of benzene rings is 1. The van der Waals surface area contributed by atoms with Gasteiger partial charge in [-0.3, -0.25) is 9.78 Å². The number of rotatable bonds is 7. The van der Waals surface area contributed by atoms with E-state index in [1.165, 1.54) is 0 Å². The predicted molar refractivity (Wildman–Crippen MR) is 114 cm³/mol. The number of hydrogen-bond donors (Lipinski definition) is 1. The zero-order chi connectivity index (χ0) is 20.2. The van der Waals surface area contributed by atoms with Crippen LogP contribution in [0.4, 0.5) is 11.5 Å². The first kappa shape index (κ1) is 19.1. The molecule has 4 rings (SSSR count). The molecule has 6 nitrogen and oxygen atoms in total. The van der Waals surface area contributed by atoms with Crippen molar-refractivity contribution in [2.75, 3.05) is 5.32 Å². The fourth-order valence-corrected chi connectivity index (χ4v) is 3.27. The first-order valence-corrected chi connectivity index (χ1v) is 10.0. The molecule has 0 atom stereocenters. The highest BCUT2D eigenvalue weighted by atomic mass is 16.2. The Balaban J connectivity index is 1.51. The number of nitrogens with one attached hydrogen (secondary N) is 1. The Bertz CT molecular complexity index is 984. The second-order valence-electron chi connectivity index (χ2n) is 7.34. The van der Waals surface area contributed by atoms with Gasteiger partial charge in [0.2, 0.25) is 5.91 Å². The van der Waals surface area contributed by atoms with Gasteiger partial charge in [-0.05, 0) is 49.1 Å². The van der Waals surface area contributed by atoms with Crippen molar-refractivity contribution in [3.8, 4) is 11.5 Å². The molecule has 0 radical (unpaired) electrons. The molecule has 1 aromatic carbocycles. The maximum atomic E-state index is 11.8. The first-order chi connectivity index (χ1) is 14.1. The minimum Gasteiger partial charge on any atom is -0.340 e. The maximum absolute atomic E-state index is 11.8. The molecule has 1 fully saturated rings. The highest BCUT2D eigenvalue weighted by Crippen LogP contribution is 2.28. The van der Waals surface area contributed by atoms with E-state index in [-0.39, 0.29) is 5.91 Å². The largest absolute Gasteiger partial charge is 0.340 e. The van der Waals surface area contributed by atoms with E-state index in [4.69, 9.17) is 0 Å². The zero-order valence-corrected chi connectivity index (χ0v) is 16.8. The van der Waals surface area contributed by atoms with E-state index in [0.29, 0.717) is 18.4 Å². The van der Waals surface area contributed by atoms with Crippen LogP contribution in [-0.2, 0) is 17.8 Å². The quantitative estimate of drug-likeness (QED) is 0.652. The molecule has 29 heavy (non-hydrogen) atoms. The van der Waals surface area contributed by atoms with Crippen molar-refractivity contribution >= 4 is 17.4 Å². The van der Waals surface area contributed by atoms with Gasteiger partial charge in [0.15, 0.2) is 5.82 Å². The summed E-state index contributed by atoms with van der Waals surface area (Å²) in [5.74, 6) is 1.50. The van der Waals surface area contributed by atoms with Gasteiger partial charge < -0.3 is 10.2 Å². The Hall–Kier alpha value is -3.28. The van der Waals surface area contributed by atoms with Crippen LogP contribution in [-0.4, -0.2) is 31.8 Å². The Kier molecular flexibility index (Phi) is 5.51. The van der Waals surface area contributed by atoms with Crippen LogP contribution in [0, 0.1) is 0 Å². The van der Waals surface area contributed by atoms with E-state index in [2.05, 4.69) is 39.3 Å². The molecule has 1 amide bonds. The summed E-state index contributed by atoms with van der Waals surface area (Å²) in [4.78, 5) is 27.4. The topological polar surface area (TPSA) is 71.0 Å². The average molecular weight is 387 g/mol. The summed E-state index contributed by atoms with van der Waals surface area (Å²) in [7, 11) is 0. The normalized spacial score (nSPS) is 13.2. The van der Waals surface area contributed by atoms with E-state index < -0.39 is 0 Å². The summed E-state index contributed by atoms with van der Waals surface area (Å²) < 4.78 is 0. The number of hydrogen-bond acceptors (Lipinski definition) is 5. The number of pyridine rings is 1. The molecule has 0 bridgehead atoms. The minimum absolute atomic E-state index is 0.143. The molecule has 3 aromatic rings. The molecule has 148 valence electrons. The third kappa shape index (κ3) is 4.77. The van der Waals surface area contributed by atoms with Crippen LogP contribution in [0.5, 0.6) is 0 Å². The lowest BCUT2D eigenvalue weighted by molar-refractivity contribution is -0.130. The van der Waals surface area contributed by atoms with Gasteiger partial charge in [-0.15, -0.1) is 0 Å². The fourth-order valence-electron chi connectivity index (χ4n) is 3.27. The van der Waals surface area contributed by atoms with Crippen molar-refractivity contribution in [2.24, 2.45) is 0 Å². The molecule has 0 unspecified atom stereocenters. The van der Waals surface area contributed by atoms with Crippen LogP contribution in [0.15, 0.2) is 54.7 Å². The number of nitrogens with zero attached hydrogens (tertiary/aromatic N) is 4. The Morgan fingerprint density at radius 1 is 1.14 bits per heavy atom. The van der Waals surface area contributed by atoms with Crippen molar-refractivity contribution in [1.82, 2.24) is 19.9 Å². The van der Waals surface area contributed by atoms with Crippen LogP contribution in [0.25, 0.3) is 11.5 Å². The molecule has 6 heteroatoms. The molecular weight excluding hydrogens is 362 g/mol. The summed E-state index contributed by atoms with van der Waals surface area (Å²) in [6.45, 7) is 4.38. The van der Waals surface area contributed by atoms with Crippen molar-refractivity contribution in [2.45, 2.75) is 45.7 Å². The smallest absolute Gasteiger partial charge is 0.219 e. The molecule has 1 aliphatic carbocycles. The highest BCUT2D eigenvalue weighted by molar-refractivity contribution is 5.74. The van der Waals surface area contributed by atoms with Crippen LogP contribution >= 0.6 is 0 Å². The van der Waals surface area contributed by atoms with Crippen LogP contribution in [0.3, 0.4) is 0 Å². The predicted octanol–water partition coefficient (Wildman–Crippen LogP) is 4.36. The fraction of sp³-hybridized carbons (Fsp3) is 0.304. The number of aryl methyl sites for hydroxylation is 1. The molecule has 0 spiro atoms. The Morgan fingerprint density at radius 2 is 1.93 bits per heavy atom. The first-order valence-electron chi connectivity index (χ1n) is 10.0. The van der Waals surface area contributed by atoms with Gasteiger partial charge in [0, 0.05) is 43.2 Å². The second kappa shape index (κ2) is 8.39. The molecule has 2 aromatic heterocycles. The number of carbonyl (C=O) groups excluding carboxylic acids is 1. The molecule has 0 aliphatic heterocycles. The van der Waals surface area contributed by atoms with E-state index >= 15 is 0 Å². The van der Waals surface area contributed by atoms with Crippen LogP contribution < -0.4 is 5.32 Å². The summed E-state index contributed by atoms with van der Waals surface area (Å²) in [6.07, 6.45) is 4.80. The van der Waals surface area contributed by atoms with Crippen molar-refractivity contribution in [3.63, 3.8) is 0 Å². The van der Waals surface area contributed by atoms with Gasteiger partial charge in [-0.25, -0.2) is 9.97 Å². The lowest BCUT2D eigenvalue weighted by Gasteiger charge is -2.20. The van der Waals surface area contributed by atoms with Crippen molar-refractivity contribution in [3.05, 3.63) is 66.0 Å². The van der Waals surface area contributed by atoms with Gasteiger partial charge in [0.05, 0.1) is 0 Å². The van der Waals surface area contributed by atoms with E-state index in [0.717, 1.165) is 47.7 Å².